The summed E-state index contributed by atoms with van der Waals surface area (Å²) < 4.78 is 1.70. The molecular formula is C12H15ClNSe. The first-order chi connectivity index (χ1) is 7.24. The van der Waals surface area contributed by atoms with E-state index in [1.54, 1.807) is 4.47 Å². The molecule has 0 aromatic carbocycles. The molecule has 81 valence electrons. The number of hydrogen-bond donors (Lipinski definition) is 0. The standard InChI is InChI=1S/C12H15ClNSe/c1-14-10-2-3-11(14)7-12(6-10)15-5-4-9(13)8-15/h4-6,8,10-11H,2-3,7H2,1H3. The van der Waals surface area contributed by atoms with Crippen molar-refractivity contribution < 1.29 is 0 Å². The summed E-state index contributed by atoms with van der Waals surface area (Å²) in [7, 11) is 2.27. The predicted octanol–water partition coefficient (Wildman–Crippen LogP) is 2.58. The zero-order valence-electron chi connectivity index (χ0n) is 8.82. The van der Waals surface area contributed by atoms with Gasteiger partial charge >= 0.3 is 100 Å². The summed E-state index contributed by atoms with van der Waals surface area (Å²) in [5, 5.41) is 0.951. The summed E-state index contributed by atoms with van der Waals surface area (Å²) in [6.45, 7) is 0. The first-order valence-corrected chi connectivity index (χ1v) is 8.65. The van der Waals surface area contributed by atoms with Crippen molar-refractivity contribution in [2.24, 2.45) is 0 Å². The van der Waals surface area contributed by atoms with Gasteiger partial charge in [-0.1, -0.05) is 0 Å². The number of likely N-dealkylation sites (N-methyl/N-ethyl adjacent to an activating group) is 1. The molecule has 1 fully saturated rings. The Morgan fingerprint density at radius 3 is 3.00 bits per heavy atom. The second kappa shape index (κ2) is 3.78. The van der Waals surface area contributed by atoms with Crippen molar-refractivity contribution in [3.8, 4) is 0 Å². The number of allylic oxidation sites excluding steroid dienone is 2. The van der Waals surface area contributed by atoms with Crippen LogP contribution < -0.4 is 0 Å². The third-order valence-electron chi connectivity index (χ3n) is 3.63. The van der Waals surface area contributed by atoms with Gasteiger partial charge in [0, 0.05) is 0 Å². The summed E-state index contributed by atoms with van der Waals surface area (Å²) in [5.74, 6) is 0. The number of hydrogen-bond acceptors (Lipinski definition) is 1. The molecule has 0 saturated carbocycles. The van der Waals surface area contributed by atoms with Crippen LogP contribution in [0.5, 0.6) is 0 Å². The molecule has 2 unspecified atom stereocenters. The molecule has 3 aliphatic rings. The molecule has 1 nitrogen and oxygen atoms in total. The van der Waals surface area contributed by atoms with Crippen LogP contribution >= 0.6 is 11.6 Å². The van der Waals surface area contributed by atoms with E-state index in [9.17, 15) is 0 Å². The van der Waals surface area contributed by atoms with Crippen molar-refractivity contribution in [2.75, 3.05) is 7.05 Å². The van der Waals surface area contributed by atoms with Gasteiger partial charge < -0.3 is 0 Å². The summed E-state index contributed by atoms with van der Waals surface area (Å²) in [4.78, 5) is 7.18. The predicted molar refractivity (Wildman–Crippen MR) is 66.1 cm³/mol. The quantitative estimate of drug-likeness (QED) is 0.670. The van der Waals surface area contributed by atoms with Crippen molar-refractivity contribution in [1.29, 1.82) is 0 Å². The van der Waals surface area contributed by atoms with Crippen molar-refractivity contribution in [3.05, 3.63) is 31.6 Å². The van der Waals surface area contributed by atoms with E-state index >= 15 is 0 Å². The second-order valence-corrected chi connectivity index (χ2v) is 8.64. The molecule has 2 atom stereocenters. The van der Waals surface area contributed by atoms with Crippen LogP contribution in [0.2, 0.25) is 0 Å². The number of fused-ring (bicyclic) bond motifs is 2. The first kappa shape index (κ1) is 10.2. The molecule has 2 bridgehead atoms. The topological polar surface area (TPSA) is 3.24 Å². The van der Waals surface area contributed by atoms with Crippen LogP contribution in [0, 0.1) is 0 Å². The van der Waals surface area contributed by atoms with Gasteiger partial charge in [0.25, 0.3) is 0 Å². The fourth-order valence-corrected chi connectivity index (χ4v) is 7.02. The van der Waals surface area contributed by atoms with Gasteiger partial charge in [-0.2, -0.15) is 0 Å². The maximum atomic E-state index is 6.01. The SMILES string of the molecule is CN1C2C=C([Se]3C=CC(Cl)=C3)CC1CC2. The fraction of sp³-hybridized carbons (Fsp3) is 0.500. The summed E-state index contributed by atoms with van der Waals surface area (Å²) in [6, 6.07) is 1.52. The minimum absolute atomic E-state index is 0.712. The molecule has 0 aromatic heterocycles. The van der Waals surface area contributed by atoms with Crippen LogP contribution in [-0.4, -0.2) is 37.9 Å². The van der Waals surface area contributed by atoms with Crippen LogP contribution in [0.3, 0.4) is 0 Å². The molecule has 1 saturated heterocycles. The molecule has 3 heterocycles. The van der Waals surface area contributed by atoms with Crippen LogP contribution in [-0.2, 0) is 0 Å². The Bertz CT molecular complexity index is 372. The minimum atomic E-state index is -0.784. The summed E-state index contributed by atoms with van der Waals surface area (Å²) in [6.07, 6.45) is 8.60. The Kier molecular flexibility index (Phi) is 2.56. The van der Waals surface area contributed by atoms with E-state index in [0.29, 0.717) is 6.04 Å². The molecule has 0 amide bonds. The molecule has 1 radical (unpaired) electrons. The van der Waals surface area contributed by atoms with Crippen molar-refractivity contribution in [3.63, 3.8) is 0 Å². The van der Waals surface area contributed by atoms with Crippen LogP contribution in [0.15, 0.2) is 31.6 Å². The van der Waals surface area contributed by atoms with E-state index in [1.165, 1.54) is 19.3 Å². The van der Waals surface area contributed by atoms with Gasteiger partial charge in [-0.15, -0.1) is 0 Å². The van der Waals surface area contributed by atoms with Crippen LogP contribution in [0.4, 0.5) is 0 Å². The van der Waals surface area contributed by atoms with Crippen LogP contribution in [0.25, 0.3) is 0 Å². The molecule has 3 rings (SSSR count). The molecule has 3 aliphatic heterocycles. The van der Waals surface area contributed by atoms with E-state index in [-0.39, 0.29) is 0 Å². The van der Waals surface area contributed by atoms with Gasteiger partial charge in [0.05, 0.1) is 0 Å². The van der Waals surface area contributed by atoms with E-state index in [0.717, 1.165) is 11.1 Å². The van der Waals surface area contributed by atoms with E-state index in [1.807, 2.05) is 0 Å². The normalized spacial score (nSPS) is 35.9. The van der Waals surface area contributed by atoms with E-state index in [4.69, 9.17) is 11.6 Å². The van der Waals surface area contributed by atoms with Gasteiger partial charge in [-0.25, -0.2) is 0 Å². The molecule has 0 N–H and O–H groups in total. The van der Waals surface area contributed by atoms with Gasteiger partial charge in [0.2, 0.25) is 0 Å². The second-order valence-electron chi connectivity index (χ2n) is 4.48. The van der Waals surface area contributed by atoms with Gasteiger partial charge in [0.1, 0.15) is 0 Å². The summed E-state index contributed by atoms with van der Waals surface area (Å²) >= 11 is 5.23. The Hall–Kier alpha value is -0.0105. The molecule has 0 aromatic rings. The van der Waals surface area contributed by atoms with Crippen molar-refractivity contribution in [1.82, 2.24) is 4.90 Å². The third-order valence-corrected chi connectivity index (χ3v) is 8.03. The van der Waals surface area contributed by atoms with Crippen molar-refractivity contribution in [2.45, 2.75) is 31.3 Å². The Labute approximate surface area is 100 Å². The molecule has 0 aliphatic carbocycles. The Morgan fingerprint density at radius 1 is 1.47 bits per heavy atom. The maximum absolute atomic E-state index is 6.01. The van der Waals surface area contributed by atoms with Gasteiger partial charge in [0.15, 0.2) is 0 Å². The average Bonchev–Trinajstić information content (AvgIpc) is 2.70. The monoisotopic (exact) mass is 288 g/mol. The number of nitrogens with zero attached hydrogens (tertiary/aromatic N) is 1. The van der Waals surface area contributed by atoms with Gasteiger partial charge in [-0.3, -0.25) is 0 Å². The number of rotatable bonds is 1. The van der Waals surface area contributed by atoms with Crippen molar-refractivity contribution >= 4 is 25.5 Å². The Balaban J connectivity index is 1.85. The molecule has 3 heteroatoms. The third kappa shape index (κ3) is 1.74. The molecular weight excluding hydrogens is 273 g/mol. The first-order valence-electron chi connectivity index (χ1n) is 5.44. The average molecular weight is 288 g/mol. The van der Waals surface area contributed by atoms with Gasteiger partial charge in [-0.05, 0) is 0 Å². The van der Waals surface area contributed by atoms with E-state index < -0.39 is 13.9 Å². The van der Waals surface area contributed by atoms with E-state index in [2.05, 4.69) is 34.0 Å². The zero-order valence-corrected chi connectivity index (χ0v) is 11.3. The summed E-state index contributed by atoms with van der Waals surface area (Å²) in [5.41, 5.74) is 0. The molecule has 15 heavy (non-hydrogen) atoms. The molecule has 0 spiro atoms. The number of halogens is 1. The fourth-order valence-electron chi connectivity index (χ4n) is 2.68. The van der Waals surface area contributed by atoms with Crippen LogP contribution in [0.1, 0.15) is 19.3 Å². The Morgan fingerprint density at radius 2 is 2.33 bits per heavy atom. The zero-order chi connectivity index (χ0) is 10.4.